The van der Waals surface area contributed by atoms with E-state index in [-0.39, 0.29) is 23.5 Å². The molecular formula is C12H19BrFN3O2S. The molecule has 0 amide bonds. The van der Waals surface area contributed by atoms with Gasteiger partial charge in [-0.25, -0.2) is 17.5 Å². The molecule has 8 heteroatoms. The van der Waals surface area contributed by atoms with Crippen LogP contribution in [0.3, 0.4) is 0 Å². The minimum atomic E-state index is -3.89. The first kappa shape index (κ1) is 17.5. The van der Waals surface area contributed by atoms with E-state index in [0.29, 0.717) is 11.0 Å². The Labute approximate surface area is 127 Å². The van der Waals surface area contributed by atoms with Crippen LogP contribution in [0.4, 0.5) is 4.39 Å². The second-order valence-electron chi connectivity index (χ2n) is 4.37. The topological polar surface area (TPSA) is 75.4 Å². The fourth-order valence-electron chi connectivity index (χ4n) is 1.57. The Bertz CT molecular complexity index is 566. The molecule has 0 heterocycles. The summed E-state index contributed by atoms with van der Waals surface area (Å²) in [6, 6.07) is 2.71. The van der Waals surface area contributed by atoms with Gasteiger partial charge in [0.2, 0.25) is 10.0 Å². The quantitative estimate of drug-likeness (QED) is 0.760. The molecule has 0 radical (unpaired) electrons. The Kier molecular flexibility index (Phi) is 6.53. The number of nitrogens with one attached hydrogen (secondary N) is 1. The molecule has 0 unspecified atom stereocenters. The van der Waals surface area contributed by atoms with Crippen LogP contribution in [-0.4, -0.2) is 40.0 Å². The Morgan fingerprint density at radius 3 is 2.65 bits per heavy atom. The number of rotatable bonds is 7. The number of likely N-dealkylation sites (N-methyl/N-ethyl adjacent to an activating group) is 1. The van der Waals surface area contributed by atoms with Gasteiger partial charge in [-0.05, 0) is 25.7 Å². The first-order chi connectivity index (χ1) is 9.31. The first-order valence-corrected chi connectivity index (χ1v) is 8.45. The van der Waals surface area contributed by atoms with Crippen LogP contribution in [0.1, 0.15) is 12.5 Å². The van der Waals surface area contributed by atoms with Gasteiger partial charge in [-0.15, -0.1) is 0 Å². The average molecular weight is 368 g/mol. The van der Waals surface area contributed by atoms with Crippen molar-refractivity contribution in [3.05, 3.63) is 28.0 Å². The van der Waals surface area contributed by atoms with Gasteiger partial charge in [0.1, 0.15) is 10.7 Å². The highest BCUT2D eigenvalue weighted by molar-refractivity contribution is 9.10. The Morgan fingerprint density at radius 1 is 1.45 bits per heavy atom. The third-order valence-electron chi connectivity index (χ3n) is 2.91. The highest BCUT2D eigenvalue weighted by atomic mass is 79.9. The lowest BCUT2D eigenvalue weighted by Crippen LogP contribution is -2.33. The highest BCUT2D eigenvalue weighted by Gasteiger charge is 2.21. The summed E-state index contributed by atoms with van der Waals surface area (Å²) in [7, 11) is -2.01. The number of halogens is 2. The summed E-state index contributed by atoms with van der Waals surface area (Å²) in [5.74, 6) is -0.799. The van der Waals surface area contributed by atoms with Gasteiger partial charge in [0.15, 0.2) is 0 Å². The predicted molar refractivity (Wildman–Crippen MR) is 80.4 cm³/mol. The Hall–Kier alpha value is -0.540. The van der Waals surface area contributed by atoms with E-state index < -0.39 is 15.8 Å². The average Bonchev–Trinajstić information content (AvgIpc) is 2.40. The van der Waals surface area contributed by atoms with Gasteiger partial charge in [-0.1, -0.05) is 22.9 Å². The van der Waals surface area contributed by atoms with E-state index in [0.717, 1.165) is 6.54 Å². The summed E-state index contributed by atoms with van der Waals surface area (Å²) in [6.45, 7) is 3.48. The zero-order valence-corrected chi connectivity index (χ0v) is 13.9. The molecule has 5 nitrogen and oxygen atoms in total. The van der Waals surface area contributed by atoms with Crippen molar-refractivity contribution in [3.63, 3.8) is 0 Å². The van der Waals surface area contributed by atoms with Gasteiger partial charge in [-0.2, -0.15) is 0 Å². The van der Waals surface area contributed by atoms with Crippen molar-refractivity contribution in [2.45, 2.75) is 18.4 Å². The second kappa shape index (κ2) is 7.46. The van der Waals surface area contributed by atoms with Crippen molar-refractivity contribution < 1.29 is 12.8 Å². The number of hydrogen-bond donors (Lipinski definition) is 2. The molecule has 20 heavy (non-hydrogen) atoms. The second-order valence-corrected chi connectivity index (χ2v) is 7.03. The summed E-state index contributed by atoms with van der Waals surface area (Å²) in [6.07, 6.45) is 0. The van der Waals surface area contributed by atoms with Crippen molar-refractivity contribution in [3.8, 4) is 0 Å². The molecule has 1 aromatic rings. The van der Waals surface area contributed by atoms with Crippen molar-refractivity contribution in [1.82, 2.24) is 9.62 Å². The van der Waals surface area contributed by atoms with Crippen LogP contribution in [-0.2, 0) is 16.6 Å². The first-order valence-electron chi connectivity index (χ1n) is 6.18. The van der Waals surface area contributed by atoms with E-state index in [1.165, 1.54) is 12.1 Å². The molecule has 114 valence electrons. The Balaban J connectivity index is 2.95. The van der Waals surface area contributed by atoms with Crippen molar-refractivity contribution >= 4 is 26.0 Å². The van der Waals surface area contributed by atoms with E-state index in [4.69, 9.17) is 5.73 Å². The zero-order valence-electron chi connectivity index (χ0n) is 11.5. The normalized spacial score (nSPS) is 12.1. The smallest absolute Gasteiger partial charge is 0.243 e. The number of sulfonamides is 1. The fourth-order valence-corrected chi connectivity index (χ4v) is 3.39. The molecule has 0 aromatic heterocycles. The summed E-state index contributed by atoms with van der Waals surface area (Å²) in [5, 5.41) is 0. The lowest BCUT2D eigenvalue weighted by molar-refractivity contribution is 0.357. The van der Waals surface area contributed by atoms with Crippen LogP contribution in [0, 0.1) is 5.82 Å². The van der Waals surface area contributed by atoms with E-state index in [1.807, 2.05) is 18.9 Å². The van der Waals surface area contributed by atoms with Crippen LogP contribution in [0.5, 0.6) is 0 Å². The third-order valence-corrected chi connectivity index (χ3v) is 4.83. The molecule has 1 aromatic carbocycles. The minimum absolute atomic E-state index is 0.0631. The molecule has 0 aliphatic rings. The van der Waals surface area contributed by atoms with E-state index in [1.54, 1.807) is 0 Å². The van der Waals surface area contributed by atoms with E-state index in [2.05, 4.69) is 20.7 Å². The summed E-state index contributed by atoms with van der Waals surface area (Å²) < 4.78 is 41.2. The molecule has 1 rings (SSSR count). The SMILES string of the molecule is CCN(C)CCNS(=O)(=O)c1cc(Br)cc(CN)c1F. The van der Waals surface area contributed by atoms with Gasteiger partial charge >= 0.3 is 0 Å². The van der Waals surface area contributed by atoms with Crippen LogP contribution < -0.4 is 10.5 Å². The molecule has 0 atom stereocenters. The number of hydrogen-bond acceptors (Lipinski definition) is 4. The van der Waals surface area contributed by atoms with E-state index >= 15 is 0 Å². The van der Waals surface area contributed by atoms with Gasteiger partial charge in [0.05, 0.1) is 0 Å². The predicted octanol–water partition coefficient (Wildman–Crippen LogP) is 1.28. The number of nitrogens with two attached hydrogens (primary N) is 1. The molecule has 0 saturated heterocycles. The summed E-state index contributed by atoms with van der Waals surface area (Å²) in [5.41, 5.74) is 5.56. The maximum absolute atomic E-state index is 14.1. The lowest BCUT2D eigenvalue weighted by atomic mass is 10.2. The number of nitrogens with zero attached hydrogens (tertiary/aromatic N) is 1. The van der Waals surface area contributed by atoms with Crippen LogP contribution >= 0.6 is 15.9 Å². The maximum atomic E-state index is 14.1. The lowest BCUT2D eigenvalue weighted by Gasteiger charge is -2.15. The summed E-state index contributed by atoms with van der Waals surface area (Å²) >= 11 is 3.16. The molecule has 0 fully saturated rings. The minimum Gasteiger partial charge on any atom is -0.326 e. The Morgan fingerprint density at radius 2 is 2.10 bits per heavy atom. The van der Waals surface area contributed by atoms with Crippen LogP contribution in [0.25, 0.3) is 0 Å². The van der Waals surface area contributed by atoms with Crippen LogP contribution in [0.2, 0.25) is 0 Å². The van der Waals surface area contributed by atoms with Gasteiger partial charge in [0.25, 0.3) is 0 Å². The van der Waals surface area contributed by atoms with Gasteiger partial charge in [-0.3, -0.25) is 0 Å². The number of benzene rings is 1. The molecule has 0 spiro atoms. The molecule has 3 N–H and O–H groups in total. The van der Waals surface area contributed by atoms with Crippen molar-refractivity contribution in [1.29, 1.82) is 0 Å². The standard InChI is InChI=1S/C12H19BrFN3O2S/c1-3-17(2)5-4-16-20(18,19)11-7-10(13)6-9(8-15)12(11)14/h6-7,16H,3-5,8,15H2,1-2H3. The molecule has 0 aliphatic carbocycles. The maximum Gasteiger partial charge on any atom is 0.243 e. The largest absolute Gasteiger partial charge is 0.326 e. The van der Waals surface area contributed by atoms with Crippen molar-refractivity contribution in [2.75, 3.05) is 26.7 Å². The van der Waals surface area contributed by atoms with Gasteiger partial charge in [0, 0.05) is 29.7 Å². The molecular weight excluding hydrogens is 349 g/mol. The molecule has 0 aliphatic heterocycles. The fraction of sp³-hybridized carbons (Fsp3) is 0.500. The highest BCUT2D eigenvalue weighted by Crippen LogP contribution is 2.23. The zero-order chi connectivity index (χ0) is 15.3. The van der Waals surface area contributed by atoms with Crippen LogP contribution in [0.15, 0.2) is 21.5 Å². The van der Waals surface area contributed by atoms with Gasteiger partial charge < -0.3 is 10.6 Å². The molecule has 0 saturated carbocycles. The monoisotopic (exact) mass is 367 g/mol. The third kappa shape index (κ3) is 4.49. The van der Waals surface area contributed by atoms with Crippen molar-refractivity contribution in [2.24, 2.45) is 5.73 Å². The van der Waals surface area contributed by atoms with E-state index in [9.17, 15) is 12.8 Å². The molecule has 0 bridgehead atoms. The summed E-state index contributed by atoms with van der Waals surface area (Å²) in [4.78, 5) is 1.57.